The van der Waals surface area contributed by atoms with Crippen molar-refractivity contribution in [3.05, 3.63) is 65.3 Å². The van der Waals surface area contributed by atoms with E-state index < -0.39 is 5.60 Å². The van der Waals surface area contributed by atoms with E-state index in [4.69, 9.17) is 11.6 Å². The Bertz CT molecular complexity index is 1040. The third-order valence-electron chi connectivity index (χ3n) is 4.81. The second kappa shape index (κ2) is 6.23. The van der Waals surface area contributed by atoms with Crippen LogP contribution < -0.4 is 0 Å². The van der Waals surface area contributed by atoms with Crippen molar-refractivity contribution < 1.29 is 5.11 Å². The van der Waals surface area contributed by atoms with Gasteiger partial charge in [0.25, 0.3) is 0 Å². The molecule has 7 heteroatoms. The highest BCUT2D eigenvalue weighted by Gasteiger charge is 2.37. The fourth-order valence-corrected chi connectivity index (χ4v) is 3.64. The summed E-state index contributed by atoms with van der Waals surface area (Å²) in [6, 6.07) is 9.67. The molecule has 0 spiro atoms. The largest absolute Gasteiger partial charge is 0.378 e. The Morgan fingerprint density at radius 2 is 2.00 bits per heavy atom. The summed E-state index contributed by atoms with van der Waals surface area (Å²) >= 11 is 6.60. The molecule has 0 aliphatic heterocycles. The molecule has 1 unspecified atom stereocenters. The summed E-state index contributed by atoms with van der Waals surface area (Å²) in [6.07, 6.45) is 5.01. The molecule has 0 aliphatic rings. The lowest BCUT2D eigenvalue weighted by Gasteiger charge is -2.31. The van der Waals surface area contributed by atoms with Crippen molar-refractivity contribution in [3.8, 4) is 11.3 Å². The first-order valence-corrected chi connectivity index (χ1v) is 8.71. The normalized spacial score (nSPS) is 14.0. The average molecular weight is 368 g/mol. The van der Waals surface area contributed by atoms with Crippen molar-refractivity contribution in [2.75, 3.05) is 0 Å². The molecule has 0 fully saturated rings. The number of aromatic amines is 2. The third-order valence-corrected chi connectivity index (χ3v) is 5.22. The van der Waals surface area contributed by atoms with Gasteiger partial charge in [0.05, 0.1) is 23.2 Å². The molecule has 2 heterocycles. The van der Waals surface area contributed by atoms with Crippen molar-refractivity contribution >= 4 is 22.4 Å². The van der Waals surface area contributed by atoms with Crippen LogP contribution in [-0.4, -0.2) is 30.5 Å². The Balaban J connectivity index is 1.87. The van der Waals surface area contributed by atoms with E-state index in [-0.39, 0.29) is 5.92 Å². The molecule has 2 aromatic heterocycles. The van der Waals surface area contributed by atoms with Gasteiger partial charge in [-0.25, -0.2) is 4.98 Å². The first-order valence-electron chi connectivity index (χ1n) is 8.33. The number of H-pyrrole nitrogens is 2. The van der Waals surface area contributed by atoms with E-state index in [1.807, 2.05) is 44.2 Å². The van der Waals surface area contributed by atoms with Crippen LogP contribution >= 0.6 is 11.6 Å². The number of halogens is 1. The molecule has 0 bridgehead atoms. The predicted molar refractivity (Wildman–Crippen MR) is 101 cm³/mol. The van der Waals surface area contributed by atoms with Gasteiger partial charge in [-0.05, 0) is 22.9 Å². The van der Waals surface area contributed by atoms with Crippen LogP contribution in [0.2, 0.25) is 5.02 Å². The number of rotatable bonds is 4. The monoisotopic (exact) mass is 367 g/mol. The molecule has 26 heavy (non-hydrogen) atoms. The topological polar surface area (TPSA) is 90.5 Å². The van der Waals surface area contributed by atoms with Gasteiger partial charge in [-0.3, -0.25) is 5.10 Å². The van der Waals surface area contributed by atoms with E-state index in [0.717, 1.165) is 21.9 Å². The molecule has 0 saturated carbocycles. The number of nitrogens with zero attached hydrogens (tertiary/aromatic N) is 3. The lowest BCUT2D eigenvalue weighted by Crippen LogP contribution is -2.33. The highest BCUT2D eigenvalue weighted by molar-refractivity contribution is 6.38. The summed E-state index contributed by atoms with van der Waals surface area (Å²) < 4.78 is 0. The lowest BCUT2D eigenvalue weighted by molar-refractivity contribution is 0.0281. The highest BCUT2D eigenvalue weighted by atomic mass is 35.5. The van der Waals surface area contributed by atoms with E-state index in [1.165, 1.54) is 0 Å². The molecule has 0 saturated heterocycles. The maximum Gasteiger partial charge on any atom is 0.135 e. The summed E-state index contributed by atoms with van der Waals surface area (Å²) in [7, 11) is 0. The Morgan fingerprint density at radius 1 is 1.15 bits per heavy atom. The van der Waals surface area contributed by atoms with Crippen LogP contribution in [0, 0.1) is 5.92 Å². The van der Waals surface area contributed by atoms with Crippen LogP contribution in [0.15, 0.2) is 49.1 Å². The number of hydrogen-bond donors (Lipinski definition) is 3. The predicted octanol–water partition coefficient (Wildman–Crippen LogP) is 3.89. The van der Waals surface area contributed by atoms with Crippen LogP contribution in [0.1, 0.15) is 25.1 Å². The highest BCUT2D eigenvalue weighted by Crippen LogP contribution is 2.39. The summed E-state index contributed by atoms with van der Waals surface area (Å²) in [5.74, 6) is -0.0619. The minimum atomic E-state index is -1.19. The second-order valence-corrected chi connectivity index (χ2v) is 6.98. The Kier molecular flexibility index (Phi) is 4.01. The van der Waals surface area contributed by atoms with Crippen LogP contribution in [0.3, 0.4) is 0 Å². The van der Waals surface area contributed by atoms with Gasteiger partial charge in [-0.2, -0.15) is 0 Å². The second-order valence-electron chi connectivity index (χ2n) is 6.60. The molecular weight excluding hydrogens is 350 g/mol. The Morgan fingerprint density at radius 3 is 2.65 bits per heavy atom. The first kappa shape index (κ1) is 16.8. The summed E-state index contributed by atoms with van der Waals surface area (Å²) in [6.45, 7) is 3.94. The number of imidazole rings is 1. The van der Waals surface area contributed by atoms with Crippen molar-refractivity contribution in [2.45, 2.75) is 19.4 Å². The van der Waals surface area contributed by atoms with E-state index in [9.17, 15) is 5.11 Å². The first-order chi connectivity index (χ1) is 12.5. The van der Waals surface area contributed by atoms with E-state index in [1.54, 1.807) is 18.7 Å². The van der Waals surface area contributed by atoms with Crippen LogP contribution in [-0.2, 0) is 5.60 Å². The van der Waals surface area contributed by atoms with Crippen LogP contribution in [0.4, 0.5) is 0 Å². The zero-order chi connectivity index (χ0) is 18.3. The van der Waals surface area contributed by atoms with Gasteiger partial charge in [0, 0.05) is 17.1 Å². The summed E-state index contributed by atoms with van der Waals surface area (Å²) in [5, 5.41) is 24.3. The number of fused-ring (bicyclic) bond motifs is 1. The standard InChI is InChI=1S/C19H18ClN5O/c1-11(2)19(26,17-9-21-10-22-17)13-4-6-14-12(7-13)3-5-15(18(14)20)16-8-23-25-24-16/h3-11,26H,1-2H3,(H,21,22)(H,23,24,25). The van der Waals surface area contributed by atoms with Gasteiger partial charge in [0.2, 0.25) is 0 Å². The molecule has 132 valence electrons. The SMILES string of the molecule is CC(C)C(O)(c1ccc2c(Cl)c(-c3c[nH]nn3)ccc2c1)c1c[nH]cn1. The summed E-state index contributed by atoms with van der Waals surface area (Å²) in [5.41, 5.74) is 1.68. The van der Waals surface area contributed by atoms with Gasteiger partial charge in [-0.1, -0.05) is 54.9 Å². The van der Waals surface area contributed by atoms with Gasteiger partial charge in [-0.15, -0.1) is 5.10 Å². The minimum absolute atomic E-state index is 0.0619. The number of benzene rings is 2. The molecule has 3 N–H and O–H groups in total. The minimum Gasteiger partial charge on any atom is -0.378 e. The zero-order valence-electron chi connectivity index (χ0n) is 14.4. The lowest BCUT2D eigenvalue weighted by atomic mass is 9.80. The molecule has 6 nitrogen and oxygen atoms in total. The Hall–Kier alpha value is -2.70. The average Bonchev–Trinajstić information content (AvgIpc) is 3.35. The molecule has 2 aromatic carbocycles. The number of nitrogens with one attached hydrogen (secondary N) is 2. The number of aliphatic hydroxyl groups is 1. The zero-order valence-corrected chi connectivity index (χ0v) is 15.1. The van der Waals surface area contributed by atoms with Crippen molar-refractivity contribution in [1.82, 2.24) is 25.4 Å². The van der Waals surface area contributed by atoms with Gasteiger partial charge in [0.15, 0.2) is 0 Å². The Labute approximate surface area is 155 Å². The number of hydrogen-bond acceptors (Lipinski definition) is 4. The maximum atomic E-state index is 11.4. The van der Waals surface area contributed by atoms with Crippen LogP contribution in [0.25, 0.3) is 22.0 Å². The molecule has 0 radical (unpaired) electrons. The number of aromatic nitrogens is 5. The van der Waals surface area contributed by atoms with Crippen molar-refractivity contribution in [1.29, 1.82) is 0 Å². The third kappa shape index (κ3) is 2.50. The molecule has 0 amide bonds. The van der Waals surface area contributed by atoms with E-state index in [0.29, 0.717) is 16.4 Å². The fourth-order valence-electron chi connectivity index (χ4n) is 3.31. The van der Waals surface area contributed by atoms with E-state index >= 15 is 0 Å². The van der Waals surface area contributed by atoms with Crippen molar-refractivity contribution in [3.63, 3.8) is 0 Å². The van der Waals surface area contributed by atoms with E-state index in [2.05, 4.69) is 25.4 Å². The maximum absolute atomic E-state index is 11.4. The van der Waals surface area contributed by atoms with Gasteiger partial charge in [0.1, 0.15) is 11.3 Å². The smallest absolute Gasteiger partial charge is 0.135 e. The molecule has 4 rings (SSSR count). The van der Waals surface area contributed by atoms with Crippen molar-refractivity contribution in [2.24, 2.45) is 5.92 Å². The molecule has 0 aliphatic carbocycles. The molecule has 4 aromatic rings. The van der Waals surface area contributed by atoms with Crippen LogP contribution in [0.5, 0.6) is 0 Å². The summed E-state index contributed by atoms with van der Waals surface area (Å²) in [4.78, 5) is 7.20. The quantitative estimate of drug-likeness (QED) is 0.510. The van der Waals surface area contributed by atoms with Gasteiger partial charge < -0.3 is 10.1 Å². The fraction of sp³-hybridized carbons (Fsp3) is 0.211. The molecule has 1 atom stereocenters. The molecular formula is C19H18ClN5O. The van der Waals surface area contributed by atoms with Gasteiger partial charge >= 0.3 is 0 Å².